The summed E-state index contributed by atoms with van der Waals surface area (Å²) in [6, 6.07) is 14.5. The minimum absolute atomic E-state index is 0.0122. The van der Waals surface area contributed by atoms with Crippen molar-refractivity contribution < 1.29 is 19.1 Å². The van der Waals surface area contributed by atoms with Gasteiger partial charge in [0.25, 0.3) is 5.91 Å². The lowest BCUT2D eigenvalue weighted by Gasteiger charge is -2.40. The lowest BCUT2D eigenvalue weighted by molar-refractivity contribution is -0.133. The highest BCUT2D eigenvalue weighted by Gasteiger charge is 2.43. The fourth-order valence-electron chi connectivity index (χ4n) is 4.00. The highest BCUT2D eigenvalue weighted by molar-refractivity contribution is 6.34. The van der Waals surface area contributed by atoms with Crippen LogP contribution >= 0.6 is 11.6 Å². The maximum Gasteiger partial charge on any atom is 0.252 e. The first kappa shape index (κ1) is 23.8. The quantitative estimate of drug-likeness (QED) is 0.625. The molecule has 0 bridgehead atoms. The number of halogens is 1. The number of anilines is 1. The second-order valence-corrected chi connectivity index (χ2v) is 8.26. The summed E-state index contributed by atoms with van der Waals surface area (Å²) in [5.74, 6) is -0.444. The van der Waals surface area contributed by atoms with Gasteiger partial charge in [0.05, 0.1) is 22.6 Å². The molecule has 0 unspecified atom stereocenters. The van der Waals surface area contributed by atoms with Crippen LogP contribution in [0.25, 0.3) is 0 Å². The number of likely N-dealkylation sites (tertiary alicyclic amines) is 1. The molecule has 3 rings (SSSR count). The molecule has 1 aliphatic heterocycles. The number of amides is 3. The van der Waals surface area contributed by atoms with E-state index in [0.717, 1.165) is 5.56 Å². The molecule has 0 aromatic heterocycles. The summed E-state index contributed by atoms with van der Waals surface area (Å²) >= 11 is 6.32. The number of carbonyl (C=O) groups is 3. The largest absolute Gasteiger partial charge is 0.383 e. The third-order valence-corrected chi connectivity index (χ3v) is 6.20. The van der Waals surface area contributed by atoms with Gasteiger partial charge in [-0.15, -0.1) is 0 Å². The first-order valence-corrected chi connectivity index (χ1v) is 10.9. The summed E-state index contributed by atoms with van der Waals surface area (Å²) in [7, 11) is 1.56. The number of methoxy groups -OCH3 is 1. The molecule has 0 atom stereocenters. The SMILES string of the molecule is COCCNC(=O)c1ccc(NC(=O)C2(c3ccccc3)CCN(C(C)=O)CC2)cc1Cl. The average molecular weight is 458 g/mol. The second kappa shape index (κ2) is 10.6. The molecule has 0 saturated carbocycles. The van der Waals surface area contributed by atoms with Crippen LogP contribution in [-0.2, 0) is 19.7 Å². The van der Waals surface area contributed by atoms with Gasteiger partial charge < -0.3 is 20.3 Å². The minimum Gasteiger partial charge on any atom is -0.383 e. The number of ether oxygens (including phenoxy) is 1. The van der Waals surface area contributed by atoms with Crippen molar-refractivity contribution in [3.05, 3.63) is 64.7 Å². The van der Waals surface area contributed by atoms with Crippen molar-refractivity contribution in [2.75, 3.05) is 38.7 Å². The van der Waals surface area contributed by atoms with E-state index in [2.05, 4.69) is 10.6 Å². The number of nitrogens with one attached hydrogen (secondary N) is 2. The highest BCUT2D eigenvalue weighted by atomic mass is 35.5. The van der Waals surface area contributed by atoms with Gasteiger partial charge in [0.2, 0.25) is 11.8 Å². The first-order chi connectivity index (χ1) is 15.4. The molecular formula is C24H28ClN3O4. The Morgan fingerprint density at radius 1 is 1.09 bits per heavy atom. The molecule has 2 aromatic carbocycles. The Hall–Kier alpha value is -2.90. The Morgan fingerprint density at radius 2 is 1.78 bits per heavy atom. The zero-order valence-corrected chi connectivity index (χ0v) is 19.1. The van der Waals surface area contributed by atoms with E-state index in [1.54, 1.807) is 37.1 Å². The zero-order valence-electron chi connectivity index (χ0n) is 18.3. The van der Waals surface area contributed by atoms with E-state index < -0.39 is 5.41 Å². The maximum absolute atomic E-state index is 13.5. The predicted octanol–water partition coefficient (Wildman–Crippen LogP) is 3.24. The van der Waals surface area contributed by atoms with E-state index in [4.69, 9.17) is 16.3 Å². The van der Waals surface area contributed by atoms with E-state index >= 15 is 0 Å². The summed E-state index contributed by atoms with van der Waals surface area (Å²) in [5, 5.41) is 5.95. The monoisotopic (exact) mass is 457 g/mol. The summed E-state index contributed by atoms with van der Waals surface area (Å²) in [6.07, 6.45) is 1.05. The Morgan fingerprint density at radius 3 is 2.38 bits per heavy atom. The van der Waals surface area contributed by atoms with Gasteiger partial charge in [-0.1, -0.05) is 41.9 Å². The predicted molar refractivity (Wildman–Crippen MR) is 124 cm³/mol. The third kappa shape index (κ3) is 5.29. The van der Waals surface area contributed by atoms with Crippen LogP contribution in [0.1, 0.15) is 35.7 Å². The number of benzene rings is 2. The van der Waals surface area contributed by atoms with Crippen molar-refractivity contribution in [3.63, 3.8) is 0 Å². The van der Waals surface area contributed by atoms with Crippen molar-refractivity contribution in [3.8, 4) is 0 Å². The Balaban J connectivity index is 1.79. The van der Waals surface area contributed by atoms with Crippen molar-refractivity contribution in [2.45, 2.75) is 25.2 Å². The number of hydrogen-bond donors (Lipinski definition) is 2. The molecular weight excluding hydrogens is 430 g/mol. The molecule has 0 spiro atoms. The standard InChI is InChI=1S/C24H28ClN3O4/c1-17(29)28-13-10-24(11-14-28,18-6-4-3-5-7-18)23(31)27-19-8-9-20(21(25)16-19)22(30)26-12-15-32-2/h3-9,16H,10-15H2,1-2H3,(H,26,30)(H,27,31). The van der Waals surface area contributed by atoms with Gasteiger partial charge in [-0.2, -0.15) is 0 Å². The number of piperidine rings is 1. The summed E-state index contributed by atoms with van der Waals surface area (Å²) in [4.78, 5) is 39.3. The molecule has 3 amide bonds. The summed E-state index contributed by atoms with van der Waals surface area (Å²) < 4.78 is 4.93. The van der Waals surface area contributed by atoms with E-state index in [9.17, 15) is 14.4 Å². The van der Waals surface area contributed by atoms with E-state index in [1.165, 1.54) is 0 Å². The first-order valence-electron chi connectivity index (χ1n) is 10.6. The molecule has 7 nitrogen and oxygen atoms in total. The van der Waals surface area contributed by atoms with Crippen LogP contribution in [0.15, 0.2) is 48.5 Å². The molecule has 8 heteroatoms. The second-order valence-electron chi connectivity index (χ2n) is 7.85. The van der Waals surface area contributed by atoms with Crippen molar-refractivity contribution in [1.29, 1.82) is 0 Å². The third-order valence-electron chi connectivity index (χ3n) is 5.89. The Labute approximate surface area is 193 Å². The summed E-state index contributed by atoms with van der Waals surface area (Å²) in [6.45, 7) is 3.35. The van der Waals surface area contributed by atoms with Crippen molar-refractivity contribution >= 4 is 35.0 Å². The number of rotatable bonds is 7. The average Bonchev–Trinajstić information content (AvgIpc) is 2.79. The van der Waals surface area contributed by atoms with Gasteiger partial charge >= 0.3 is 0 Å². The van der Waals surface area contributed by atoms with E-state index in [1.807, 2.05) is 30.3 Å². The molecule has 170 valence electrons. The van der Waals surface area contributed by atoms with Gasteiger partial charge in [-0.3, -0.25) is 14.4 Å². The normalized spacial score (nSPS) is 15.2. The van der Waals surface area contributed by atoms with E-state index in [0.29, 0.717) is 50.3 Å². The highest BCUT2D eigenvalue weighted by Crippen LogP contribution is 2.37. The van der Waals surface area contributed by atoms with Crippen LogP contribution in [0.2, 0.25) is 5.02 Å². The van der Waals surface area contributed by atoms with Crippen LogP contribution in [0, 0.1) is 0 Å². The van der Waals surface area contributed by atoms with Gasteiger partial charge in [-0.25, -0.2) is 0 Å². The molecule has 0 aliphatic carbocycles. The molecule has 1 aliphatic rings. The van der Waals surface area contributed by atoms with Gasteiger partial charge in [0.1, 0.15) is 0 Å². The Kier molecular flexibility index (Phi) is 7.88. The molecule has 0 radical (unpaired) electrons. The smallest absolute Gasteiger partial charge is 0.252 e. The van der Waals surface area contributed by atoms with Gasteiger partial charge in [0.15, 0.2) is 0 Å². The molecule has 2 aromatic rings. The van der Waals surface area contributed by atoms with Crippen LogP contribution in [0.4, 0.5) is 5.69 Å². The number of carbonyl (C=O) groups excluding carboxylic acids is 3. The number of hydrogen-bond acceptors (Lipinski definition) is 4. The summed E-state index contributed by atoms with van der Waals surface area (Å²) in [5.41, 5.74) is 1.00. The lowest BCUT2D eigenvalue weighted by Crippen LogP contribution is -2.50. The van der Waals surface area contributed by atoms with E-state index in [-0.39, 0.29) is 22.7 Å². The van der Waals surface area contributed by atoms with Crippen LogP contribution < -0.4 is 10.6 Å². The fourth-order valence-corrected chi connectivity index (χ4v) is 4.26. The molecule has 2 N–H and O–H groups in total. The van der Waals surface area contributed by atoms with Crippen LogP contribution in [-0.4, -0.2) is 56.0 Å². The van der Waals surface area contributed by atoms with Crippen molar-refractivity contribution in [1.82, 2.24) is 10.2 Å². The lowest BCUT2D eigenvalue weighted by atomic mass is 9.72. The maximum atomic E-state index is 13.5. The zero-order chi connectivity index (χ0) is 23.1. The van der Waals surface area contributed by atoms with Crippen molar-refractivity contribution in [2.24, 2.45) is 0 Å². The Bertz CT molecular complexity index is 972. The molecule has 1 saturated heterocycles. The molecule has 1 fully saturated rings. The topological polar surface area (TPSA) is 87.7 Å². The number of nitrogens with zero attached hydrogens (tertiary/aromatic N) is 1. The fraction of sp³-hybridized carbons (Fsp3) is 0.375. The van der Waals surface area contributed by atoms with Crippen LogP contribution in [0.3, 0.4) is 0 Å². The van der Waals surface area contributed by atoms with Crippen LogP contribution in [0.5, 0.6) is 0 Å². The molecule has 32 heavy (non-hydrogen) atoms. The minimum atomic E-state index is -0.754. The van der Waals surface area contributed by atoms with Gasteiger partial charge in [-0.05, 0) is 36.6 Å². The molecule has 1 heterocycles. The van der Waals surface area contributed by atoms with Gasteiger partial charge in [0, 0.05) is 39.4 Å².